The average molecular weight is 369 g/mol. The van der Waals surface area contributed by atoms with Crippen LogP contribution in [0.25, 0.3) is 0 Å². The molecule has 0 aliphatic rings. The summed E-state index contributed by atoms with van der Waals surface area (Å²) in [5.74, 6) is 0. The van der Waals surface area contributed by atoms with Gasteiger partial charge in [0.2, 0.25) is 0 Å². The molecule has 0 rings (SSSR count). The van der Waals surface area contributed by atoms with Gasteiger partial charge >= 0.3 is 8.56 Å². The van der Waals surface area contributed by atoms with Crippen molar-refractivity contribution in [2.24, 2.45) is 0 Å². The van der Waals surface area contributed by atoms with Crippen LogP contribution in [0.1, 0.15) is 90.9 Å². The number of unbranched alkanes of at least 4 members (excludes halogenated alkanes) is 10. The van der Waals surface area contributed by atoms with E-state index < -0.39 is 8.56 Å². The van der Waals surface area contributed by atoms with E-state index in [1.54, 1.807) is 0 Å². The molecule has 25 heavy (non-hydrogen) atoms. The molecule has 3 heteroatoms. The van der Waals surface area contributed by atoms with Crippen LogP contribution in [-0.4, -0.2) is 21.8 Å². The Hall–Kier alpha value is -0.383. The molecule has 0 heterocycles. The second kappa shape index (κ2) is 18.4. The minimum absolute atomic E-state index is 0.690. The van der Waals surface area contributed by atoms with Crippen LogP contribution >= 0.6 is 0 Å². The molecule has 0 saturated heterocycles. The van der Waals surface area contributed by atoms with Crippen LogP contribution < -0.4 is 0 Å². The first-order chi connectivity index (χ1) is 12.1. The van der Waals surface area contributed by atoms with Crippen molar-refractivity contribution in [1.82, 2.24) is 0 Å². The van der Waals surface area contributed by atoms with Crippen LogP contribution in [-0.2, 0) is 8.85 Å². The van der Waals surface area contributed by atoms with E-state index in [9.17, 15) is 0 Å². The fraction of sp³-hybridized carbons (Fsp3) is 0.818. The summed E-state index contributed by atoms with van der Waals surface area (Å²) >= 11 is 0. The Morgan fingerprint density at radius 3 is 1.36 bits per heavy atom. The van der Waals surface area contributed by atoms with Gasteiger partial charge in [0.1, 0.15) is 0 Å². The Kier molecular flexibility index (Phi) is 18.1. The summed E-state index contributed by atoms with van der Waals surface area (Å²) in [7, 11) is -1.98. The Bertz CT molecular complexity index is 294. The normalized spacial score (nSPS) is 12.6. The van der Waals surface area contributed by atoms with Gasteiger partial charge in [-0.2, -0.15) is 0 Å². The number of allylic oxidation sites excluding steroid dienone is 2. The Morgan fingerprint density at radius 2 is 0.960 bits per heavy atom. The molecule has 0 aromatic heterocycles. The lowest BCUT2D eigenvalue weighted by molar-refractivity contribution is 0.213. The van der Waals surface area contributed by atoms with Crippen molar-refractivity contribution in [3.05, 3.63) is 24.3 Å². The lowest BCUT2D eigenvalue weighted by atomic mass is 10.1. The van der Waals surface area contributed by atoms with Crippen LogP contribution in [0.15, 0.2) is 24.3 Å². The van der Waals surface area contributed by atoms with Crippen LogP contribution in [0.2, 0.25) is 13.1 Å². The highest BCUT2D eigenvalue weighted by molar-refractivity contribution is 6.64. The van der Waals surface area contributed by atoms with Crippen molar-refractivity contribution in [2.45, 2.75) is 104 Å². The maximum Gasteiger partial charge on any atom is 0.332 e. The lowest BCUT2D eigenvalue weighted by Gasteiger charge is -2.21. The highest BCUT2D eigenvalue weighted by Gasteiger charge is 2.22. The van der Waals surface area contributed by atoms with Gasteiger partial charge in [0, 0.05) is 0 Å². The Balaban J connectivity index is 3.54. The molecule has 0 aliphatic heterocycles. The molecule has 148 valence electrons. The van der Waals surface area contributed by atoms with Gasteiger partial charge in [0.25, 0.3) is 0 Å². The minimum atomic E-state index is -1.98. The number of hydrogen-bond acceptors (Lipinski definition) is 2. The molecular formula is C22H44O2Si. The first-order valence-corrected chi connectivity index (χ1v) is 13.5. The SMILES string of the molecule is CCCCCCC/C=C/CO[Si](C)(C)OC/C=C/CCCCCCC. The van der Waals surface area contributed by atoms with Gasteiger partial charge in [0.15, 0.2) is 0 Å². The van der Waals surface area contributed by atoms with Gasteiger partial charge in [-0.25, -0.2) is 0 Å². The highest BCUT2D eigenvalue weighted by atomic mass is 28.4. The maximum atomic E-state index is 5.94. The lowest BCUT2D eigenvalue weighted by Crippen LogP contribution is -2.34. The topological polar surface area (TPSA) is 18.5 Å². The molecule has 0 atom stereocenters. The molecule has 0 aromatic rings. The van der Waals surface area contributed by atoms with Gasteiger partial charge in [-0.1, -0.05) is 89.5 Å². The zero-order chi connectivity index (χ0) is 18.6. The third kappa shape index (κ3) is 19.8. The molecule has 0 spiro atoms. The van der Waals surface area contributed by atoms with Crippen molar-refractivity contribution >= 4 is 8.56 Å². The van der Waals surface area contributed by atoms with E-state index in [4.69, 9.17) is 8.85 Å². The standard InChI is InChI=1S/C22H44O2Si/c1-5-7-9-11-13-15-17-19-21-23-25(3,4)24-22-20-18-16-14-12-10-8-6-2/h17-20H,5-16,21-22H2,1-4H3/b19-17+,20-18+. The molecule has 0 saturated carbocycles. The first-order valence-electron chi connectivity index (χ1n) is 10.7. The van der Waals surface area contributed by atoms with Gasteiger partial charge in [-0.15, -0.1) is 0 Å². The molecule has 0 amide bonds. The number of rotatable bonds is 18. The molecule has 0 N–H and O–H groups in total. The number of hydrogen-bond donors (Lipinski definition) is 0. The highest BCUT2D eigenvalue weighted by Crippen LogP contribution is 2.09. The van der Waals surface area contributed by atoms with Crippen LogP contribution in [0, 0.1) is 0 Å². The quantitative estimate of drug-likeness (QED) is 0.141. The molecular weight excluding hydrogens is 324 g/mol. The molecule has 0 unspecified atom stereocenters. The molecule has 0 fully saturated rings. The zero-order valence-electron chi connectivity index (χ0n) is 17.5. The molecule has 0 aromatic carbocycles. The summed E-state index contributed by atoms with van der Waals surface area (Å²) in [6.45, 7) is 10.2. The average Bonchev–Trinajstić information content (AvgIpc) is 2.59. The summed E-state index contributed by atoms with van der Waals surface area (Å²) in [5, 5.41) is 0. The van der Waals surface area contributed by atoms with Crippen molar-refractivity contribution in [3.63, 3.8) is 0 Å². The van der Waals surface area contributed by atoms with Gasteiger partial charge in [-0.3, -0.25) is 0 Å². The summed E-state index contributed by atoms with van der Waals surface area (Å²) in [4.78, 5) is 0. The van der Waals surface area contributed by atoms with Crippen molar-refractivity contribution in [3.8, 4) is 0 Å². The van der Waals surface area contributed by atoms with Gasteiger partial charge in [0.05, 0.1) is 13.2 Å². The first kappa shape index (κ1) is 24.6. The van der Waals surface area contributed by atoms with E-state index in [1.165, 1.54) is 77.0 Å². The van der Waals surface area contributed by atoms with Gasteiger partial charge < -0.3 is 8.85 Å². The van der Waals surface area contributed by atoms with Crippen LogP contribution in [0.4, 0.5) is 0 Å². The summed E-state index contributed by atoms with van der Waals surface area (Å²) in [6, 6.07) is 0. The van der Waals surface area contributed by atoms with Gasteiger partial charge in [-0.05, 0) is 38.8 Å². The Labute approximate surface area is 159 Å². The predicted octanol–water partition coefficient (Wildman–Crippen LogP) is 7.55. The second-order valence-electron chi connectivity index (χ2n) is 7.37. The molecule has 2 nitrogen and oxygen atoms in total. The molecule has 0 radical (unpaired) electrons. The fourth-order valence-corrected chi connectivity index (χ4v) is 3.72. The van der Waals surface area contributed by atoms with E-state index in [0.29, 0.717) is 13.2 Å². The van der Waals surface area contributed by atoms with E-state index in [0.717, 1.165) is 0 Å². The summed E-state index contributed by atoms with van der Waals surface area (Å²) < 4.78 is 11.9. The van der Waals surface area contributed by atoms with E-state index >= 15 is 0 Å². The van der Waals surface area contributed by atoms with E-state index in [1.807, 2.05) is 0 Å². The Morgan fingerprint density at radius 1 is 0.560 bits per heavy atom. The fourth-order valence-electron chi connectivity index (χ4n) is 2.64. The van der Waals surface area contributed by atoms with Crippen LogP contribution in [0.5, 0.6) is 0 Å². The largest absolute Gasteiger partial charge is 0.391 e. The van der Waals surface area contributed by atoms with E-state index in [2.05, 4.69) is 51.2 Å². The van der Waals surface area contributed by atoms with Crippen molar-refractivity contribution in [1.29, 1.82) is 0 Å². The van der Waals surface area contributed by atoms with Crippen molar-refractivity contribution < 1.29 is 8.85 Å². The molecule has 0 bridgehead atoms. The minimum Gasteiger partial charge on any atom is -0.391 e. The monoisotopic (exact) mass is 368 g/mol. The van der Waals surface area contributed by atoms with E-state index in [-0.39, 0.29) is 0 Å². The third-order valence-corrected chi connectivity index (χ3v) is 6.06. The summed E-state index contributed by atoms with van der Waals surface area (Å²) in [5.41, 5.74) is 0. The maximum absolute atomic E-state index is 5.94. The third-order valence-electron chi connectivity index (χ3n) is 4.34. The zero-order valence-corrected chi connectivity index (χ0v) is 18.5. The van der Waals surface area contributed by atoms with Crippen molar-refractivity contribution in [2.75, 3.05) is 13.2 Å². The predicted molar refractivity (Wildman–Crippen MR) is 114 cm³/mol. The summed E-state index contributed by atoms with van der Waals surface area (Å²) in [6.07, 6.45) is 24.6. The smallest absolute Gasteiger partial charge is 0.332 e. The second-order valence-corrected chi connectivity index (χ2v) is 10.7. The van der Waals surface area contributed by atoms with Crippen LogP contribution in [0.3, 0.4) is 0 Å². The molecule has 0 aliphatic carbocycles.